The van der Waals surface area contributed by atoms with Crippen molar-refractivity contribution >= 4 is 16.0 Å². The van der Waals surface area contributed by atoms with Gasteiger partial charge in [-0.3, -0.25) is 0 Å². The first kappa shape index (κ1) is 17.1. The van der Waals surface area contributed by atoms with Crippen molar-refractivity contribution in [1.82, 2.24) is 14.9 Å². The quantitative estimate of drug-likeness (QED) is 0.816. The molecule has 0 spiro atoms. The van der Waals surface area contributed by atoms with Gasteiger partial charge in [-0.25, -0.2) is 17.9 Å². The number of carbonyl (C=O) groups is 1. The van der Waals surface area contributed by atoms with Crippen LogP contribution in [0.4, 0.5) is 0 Å². The van der Waals surface area contributed by atoms with Crippen LogP contribution in [-0.4, -0.2) is 29.6 Å². The average molecular weight is 339 g/mol. The summed E-state index contributed by atoms with van der Waals surface area (Å²) < 4.78 is 32.0. The van der Waals surface area contributed by atoms with Gasteiger partial charge >= 0.3 is 5.97 Å². The number of rotatable bonds is 6. The number of hydrogen-bond donors (Lipinski definition) is 2. The van der Waals surface area contributed by atoms with Gasteiger partial charge in [0.2, 0.25) is 15.9 Å². The van der Waals surface area contributed by atoms with Gasteiger partial charge in [-0.15, -0.1) is 0 Å². The molecule has 0 amide bonds. The molecule has 0 radical (unpaired) electrons. The van der Waals surface area contributed by atoms with Gasteiger partial charge in [0, 0.05) is 6.92 Å². The largest absolute Gasteiger partial charge is 0.478 e. The number of aromatic carboxylic acids is 1. The van der Waals surface area contributed by atoms with E-state index < -0.39 is 21.5 Å². The van der Waals surface area contributed by atoms with Crippen LogP contribution in [0.5, 0.6) is 0 Å². The predicted octanol–water partition coefficient (Wildman–Crippen LogP) is 1.43. The second kappa shape index (κ2) is 6.09. The summed E-state index contributed by atoms with van der Waals surface area (Å²) in [6, 6.07) is 5.78. The molecular weight excluding hydrogens is 322 g/mol. The Morgan fingerprint density at radius 2 is 2.09 bits per heavy atom. The van der Waals surface area contributed by atoms with Gasteiger partial charge in [-0.1, -0.05) is 17.3 Å². The number of nitrogens with one attached hydrogen (secondary N) is 1. The Bertz CT molecular complexity index is 826. The Labute approximate surface area is 133 Å². The van der Waals surface area contributed by atoms with Gasteiger partial charge in [0.1, 0.15) is 0 Å². The molecule has 9 heteroatoms. The molecule has 0 saturated carbocycles. The normalized spacial score (nSPS) is 12.3. The van der Waals surface area contributed by atoms with E-state index >= 15 is 0 Å². The minimum absolute atomic E-state index is 0.0331. The standard InChI is InChI=1S/C14H17N3O5S/c1-9-15-13(16-22-9)14(2,3)17-23(20,21)8-10-5-4-6-11(7-10)12(18)19/h4-7,17H,8H2,1-3H3,(H,18,19). The molecule has 0 saturated heterocycles. The number of nitrogens with zero attached hydrogens (tertiary/aromatic N) is 2. The zero-order chi connectivity index (χ0) is 17.3. The van der Waals surface area contributed by atoms with Gasteiger partial charge in [0.05, 0.1) is 16.9 Å². The fourth-order valence-corrected chi connectivity index (χ4v) is 3.60. The van der Waals surface area contributed by atoms with E-state index in [1.807, 2.05) is 0 Å². The summed E-state index contributed by atoms with van der Waals surface area (Å²) in [5.41, 5.74) is -0.649. The molecule has 0 bridgehead atoms. The molecule has 0 unspecified atom stereocenters. The molecule has 1 aromatic heterocycles. The second-order valence-corrected chi connectivity index (χ2v) is 7.35. The fraction of sp³-hybridized carbons (Fsp3) is 0.357. The maximum absolute atomic E-state index is 12.3. The lowest BCUT2D eigenvalue weighted by Gasteiger charge is -2.22. The minimum Gasteiger partial charge on any atom is -0.478 e. The number of hydrogen-bond acceptors (Lipinski definition) is 6. The number of sulfonamides is 1. The highest BCUT2D eigenvalue weighted by atomic mass is 32.2. The van der Waals surface area contributed by atoms with Crippen LogP contribution in [0.25, 0.3) is 0 Å². The van der Waals surface area contributed by atoms with Crippen molar-refractivity contribution in [1.29, 1.82) is 0 Å². The first-order valence-corrected chi connectivity index (χ1v) is 8.39. The third kappa shape index (κ3) is 4.36. The highest BCUT2D eigenvalue weighted by molar-refractivity contribution is 7.88. The molecule has 1 heterocycles. The minimum atomic E-state index is -3.74. The van der Waals surface area contributed by atoms with Gasteiger partial charge < -0.3 is 9.63 Å². The second-order valence-electron chi connectivity index (χ2n) is 5.63. The summed E-state index contributed by atoms with van der Waals surface area (Å²) in [5.74, 6) is -0.909. The van der Waals surface area contributed by atoms with Crippen LogP contribution in [0.3, 0.4) is 0 Å². The number of aromatic nitrogens is 2. The molecule has 1 aromatic carbocycles. The smallest absolute Gasteiger partial charge is 0.335 e. The summed E-state index contributed by atoms with van der Waals surface area (Å²) in [7, 11) is -3.74. The average Bonchev–Trinajstić information content (AvgIpc) is 2.84. The molecular formula is C14H17N3O5S. The van der Waals surface area contributed by atoms with Crippen LogP contribution < -0.4 is 4.72 Å². The van der Waals surface area contributed by atoms with Crippen LogP contribution >= 0.6 is 0 Å². The zero-order valence-electron chi connectivity index (χ0n) is 12.9. The van der Waals surface area contributed by atoms with E-state index in [1.165, 1.54) is 18.2 Å². The van der Waals surface area contributed by atoms with E-state index in [2.05, 4.69) is 14.9 Å². The summed E-state index contributed by atoms with van der Waals surface area (Å²) in [5, 5.41) is 12.7. The molecule has 2 rings (SSSR count). The zero-order valence-corrected chi connectivity index (χ0v) is 13.7. The van der Waals surface area contributed by atoms with E-state index in [0.29, 0.717) is 11.5 Å². The number of aryl methyl sites for hydroxylation is 1. The van der Waals surface area contributed by atoms with E-state index in [0.717, 1.165) is 0 Å². The molecule has 23 heavy (non-hydrogen) atoms. The number of carboxylic acid groups (broad SMARTS) is 1. The lowest BCUT2D eigenvalue weighted by Crippen LogP contribution is -2.42. The summed E-state index contributed by atoms with van der Waals surface area (Å²) in [6.45, 7) is 4.84. The van der Waals surface area contributed by atoms with Crippen LogP contribution in [-0.2, 0) is 21.3 Å². The van der Waals surface area contributed by atoms with Crippen molar-refractivity contribution in [3.05, 3.63) is 47.1 Å². The predicted molar refractivity (Wildman–Crippen MR) is 81.2 cm³/mol. The van der Waals surface area contributed by atoms with Crippen molar-refractivity contribution in [2.24, 2.45) is 0 Å². The Morgan fingerprint density at radius 1 is 1.39 bits per heavy atom. The number of carboxylic acids is 1. The van der Waals surface area contributed by atoms with Gasteiger partial charge in [0.25, 0.3) is 0 Å². The molecule has 2 aromatic rings. The topological polar surface area (TPSA) is 122 Å². The molecule has 8 nitrogen and oxygen atoms in total. The molecule has 124 valence electrons. The third-order valence-electron chi connectivity index (χ3n) is 3.03. The monoisotopic (exact) mass is 339 g/mol. The number of benzene rings is 1. The SMILES string of the molecule is Cc1nc(C(C)(C)NS(=O)(=O)Cc2cccc(C(=O)O)c2)no1. The summed E-state index contributed by atoms with van der Waals surface area (Å²) >= 11 is 0. The fourth-order valence-electron chi connectivity index (χ4n) is 2.04. The summed E-state index contributed by atoms with van der Waals surface area (Å²) in [4.78, 5) is 15.0. The van der Waals surface area contributed by atoms with E-state index in [9.17, 15) is 13.2 Å². The molecule has 0 atom stereocenters. The van der Waals surface area contributed by atoms with E-state index in [4.69, 9.17) is 9.63 Å². The van der Waals surface area contributed by atoms with Crippen molar-refractivity contribution in [2.75, 3.05) is 0 Å². The van der Waals surface area contributed by atoms with Crippen molar-refractivity contribution in [2.45, 2.75) is 32.1 Å². The van der Waals surface area contributed by atoms with Crippen molar-refractivity contribution < 1.29 is 22.8 Å². The highest BCUT2D eigenvalue weighted by Crippen LogP contribution is 2.19. The van der Waals surface area contributed by atoms with Crippen LogP contribution in [0.1, 0.15) is 41.5 Å². The van der Waals surface area contributed by atoms with Crippen molar-refractivity contribution in [3.8, 4) is 0 Å². The van der Waals surface area contributed by atoms with Gasteiger partial charge in [0.15, 0.2) is 5.82 Å². The first-order valence-electron chi connectivity index (χ1n) is 6.74. The molecule has 0 aliphatic rings. The molecule has 0 fully saturated rings. The Balaban J connectivity index is 2.19. The maximum Gasteiger partial charge on any atom is 0.335 e. The molecule has 2 N–H and O–H groups in total. The highest BCUT2D eigenvalue weighted by Gasteiger charge is 2.31. The van der Waals surface area contributed by atoms with Crippen molar-refractivity contribution in [3.63, 3.8) is 0 Å². The Kier molecular flexibility index (Phi) is 4.53. The summed E-state index contributed by atoms with van der Waals surface area (Å²) in [6.07, 6.45) is 0. The van der Waals surface area contributed by atoms with Gasteiger partial charge in [-0.2, -0.15) is 4.98 Å². The molecule has 0 aliphatic heterocycles. The van der Waals surface area contributed by atoms with Crippen LogP contribution in [0.2, 0.25) is 0 Å². The van der Waals surface area contributed by atoms with Crippen LogP contribution in [0.15, 0.2) is 28.8 Å². The maximum atomic E-state index is 12.3. The van der Waals surface area contributed by atoms with E-state index in [-0.39, 0.29) is 17.1 Å². The van der Waals surface area contributed by atoms with Gasteiger partial charge in [-0.05, 0) is 31.5 Å². The Hall–Kier alpha value is -2.26. The van der Waals surface area contributed by atoms with E-state index in [1.54, 1.807) is 26.8 Å². The third-order valence-corrected chi connectivity index (χ3v) is 4.56. The lowest BCUT2D eigenvalue weighted by atomic mass is 10.1. The first-order chi connectivity index (χ1) is 10.6. The lowest BCUT2D eigenvalue weighted by molar-refractivity contribution is 0.0696. The Morgan fingerprint density at radius 3 is 2.65 bits per heavy atom. The molecule has 0 aliphatic carbocycles. The van der Waals surface area contributed by atoms with Crippen LogP contribution in [0, 0.1) is 6.92 Å².